The van der Waals surface area contributed by atoms with Crippen molar-refractivity contribution in [2.45, 2.75) is 32.1 Å². The van der Waals surface area contributed by atoms with E-state index < -0.39 is 0 Å². The van der Waals surface area contributed by atoms with E-state index in [1.54, 1.807) is 13.3 Å². The van der Waals surface area contributed by atoms with Crippen molar-refractivity contribution in [3.05, 3.63) is 72.2 Å². The van der Waals surface area contributed by atoms with Crippen molar-refractivity contribution in [2.75, 3.05) is 20.2 Å². The lowest BCUT2D eigenvalue weighted by atomic mass is 9.90. The van der Waals surface area contributed by atoms with E-state index >= 15 is 0 Å². The number of carbonyl (C=O) groups excluding carboxylic acids is 1. The highest BCUT2D eigenvalue weighted by Crippen LogP contribution is 2.25. The van der Waals surface area contributed by atoms with Crippen LogP contribution in [0.25, 0.3) is 11.3 Å². The minimum Gasteiger partial charge on any atom is -0.497 e. The molecule has 1 aromatic heterocycles. The fourth-order valence-corrected chi connectivity index (χ4v) is 4.04. The van der Waals surface area contributed by atoms with E-state index in [0.29, 0.717) is 30.4 Å². The molecule has 4 rings (SSSR count). The molecule has 2 heterocycles. The van der Waals surface area contributed by atoms with Crippen molar-refractivity contribution >= 4 is 5.91 Å². The van der Waals surface area contributed by atoms with Gasteiger partial charge in [0.05, 0.1) is 13.3 Å². The number of benzene rings is 2. The molecular weight excluding hydrogens is 376 g/mol. The topological polar surface area (TPSA) is 55.6 Å². The summed E-state index contributed by atoms with van der Waals surface area (Å²) in [5.74, 6) is 2.91. The maximum atomic E-state index is 12.6. The van der Waals surface area contributed by atoms with Crippen LogP contribution in [0.4, 0.5) is 0 Å². The molecule has 5 nitrogen and oxygen atoms in total. The first-order chi connectivity index (χ1) is 14.7. The monoisotopic (exact) mass is 404 g/mol. The van der Waals surface area contributed by atoms with Crippen molar-refractivity contribution in [3.8, 4) is 17.1 Å². The van der Waals surface area contributed by atoms with Crippen LogP contribution in [0.15, 0.2) is 65.2 Å². The number of likely N-dealkylation sites (tertiary alicyclic amines) is 1. The van der Waals surface area contributed by atoms with Gasteiger partial charge in [0.25, 0.3) is 0 Å². The molecule has 0 unspecified atom stereocenters. The molecule has 0 aliphatic carbocycles. The number of methoxy groups -OCH3 is 1. The number of rotatable bonds is 7. The van der Waals surface area contributed by atoms with Crippen LogP contribution in [0.5, 0.6) is 5.75 Å². The second-order valence-corrected chi connectivity index (χ2v) is 7.86. The highest BCUT2D eigenvalue weighted by Gasteiger charge is 2.23. The van der Waals surface area contributed by atoms with Gasteiger partial charge in [-0.3, -0.25) is 4.79 Å². The second-order valence-electron chi connectivity index (χ2n) is 7.86. The summed E-state index contributed by atoms with van der Waals surface area (Å²) in [6.07, 6.45) is 5.91. The first-order valence-electron chi connectivity index (χ1n) is 10.6. The first-order valence-corrected chi connectivity index (χ1v) is 10.6. The molecule has 5 heteroatoms. The molecule has 1 fully saturated rings. The number of aromatic nitrogens is 1. The highest BCUT2D eigenvalue weighted by atomic mass is 16.5. The third kappa shape index (κ3) is 5.09. The first kappa shape index (κ1) is 20.2. The van der Waals surface area contributed by atoms with Crippen molar-refractivity contribution in [2.24, 2.45) is 5.92 Å². The third-order valence-corrected chi connectivity index (χ3v) is 5.79. The van der Waals surface area contributed by atoms with E-state index in [2.05, 4.69) is 35.3 Å². The molecule has 0 radical (unpaired) electrons. The van der Waals surface area contributed by atoms with Crippen molar-refractivity contribution in [1.82, 2.24) is 9.88 Å². The van der Waals surface area contributed by atoms with E-state index in [4.69, 9.17) is 9.15 Å². The zero-order chi connectivity index (χ0) is 20.8. The fraction of sp³-hybridized carbons (Fsp3) is 0.360. The van der Waals surface area contributed by atoms with Gasteiger partial charge in [-0.25, -0.2) is 4.98 Å². The van der Waals surface area contributed by atoms with Crippen LogP contribution >= 0.6 is 0 Å². The molecule has 1 amide bonds. The fourth-order valence-electron chi connectivity index (χ4n) is 4.04. The molecule has 2 aromatic carbocycles. The third-order valence-electron chi connectivity index (χ3n) is 5.79. The van der Waals surface area contributed by atoms with E-state index in [1.807, 2.05) is 29.2 Å². The Morgan fingerprint density at radius 2 is 1.93 bits per heavy atom. The predicted octanol–water partition coefficient (Wildman–Crippen LogP) is 4.76. The van der Waals surface area contributed by atoms with Crippen molar-refractivity contribution in [3.63, 3.8) is 0 Å². The molecule has 3 aromatic rings. The number of oxazole rings is 1. The van der Waals surface area contributed by atoms with Gasteiger partial charge in [0.1, 0.15) is 5.75 Å². The lowest BCUT2D eigenvalue weighted by Gasteiger charge is -2.32. The van der Waals surface area contributed by atoms with Gasteiger partial charge in [0.2, 0.25) is 5.91 Å². The second kappa shape index (κ2) is 9.61. The quantitative estimate of drug-likeness (QED) is 0.569. The van der Waals surface area contributed by atoms with Crippen LogP contribution in [0.3, 0.4) is 0 Å². The van der Waals surface area contributed by atoms with Crippen molar-refractivity contribution in [1.29, 1.82) is 0 Å². The van der Waals surface area contributed by atoms with Crippen LogP contribution in [-0.4, -0.2) is 36.0 Å². The highest BCUT2D eigenvalue weighted by molar-refractivity contribution is 5.76. The smallest absolute Gasteiger partial charge is 0.223 e. The molecule has 0 N–H and O–H groups in total. The summed E-state index contributed by atoms with van der Waals surface area (Å²) >= 11 is 0. The molecule has 1 aliphatic heterocycles. The minimum atomic E-state index is 0.189. The van der Waals surface area contributed by atoms with Gasteiger partial charge >= 0.3 is 0 Å². The maximum Gasteiger partial charge on any atom is 0.223 e. The van der Waals surface area contributed by atoms with Crippen LogP contribution in [-0.2, 0) is 17.6 Å². The lowest BCUT2D eigenvalue weighted by Crippen LogP contribution is -2.39. The Bertz CT molecular complexity index is 959. The number of nitrogens with zero attached hydrogens (tertiary/aromatic N) is 2. The zero-order valence-electron chi connectivity index (χ0n) is 17.4. The number of piperidine rings is 1. The summed E-state index contributed by atoms with van der Waals surface area (Å²) in [5.41, 5.74) is 2.30. The van der Waals surface area contributed by atoms with Gasteiger partial charge < -0.3 is 14.1 Å². The summed E-state index contributed by atoms with van der Waals surface area (Å²) in [6.45, 7) is 1.69. The molecule has 0 spiro atoms. The Morgan fingerprint density at radius 3 is 2.70 bits per heavy atom. The minimum absolute atomic E-state index is 0.189. The largest absolute Gasteiger partial charge is 0.497 e. The molecule has 30 heavy (non-hydrogen) atoms. The Kier molecular flexibility index (Phi) is 6.47. The van der Waals surface area contributed by atoms with E-state index in [0.717, 1.165) is 43.7 Å². The average molecular weight is 405 g/mol. The van der Waals surface area contributed by atoms with Crippen molar-refractivity contribution < 1.29 is 13.9 Å². The zero-order valence-corrected chi connectivity index (χ0v) is 17.4. The normalized spacial score (nSPS) is 14.6. The average Bonchev–Trinajstić information content (AvgIpc) is 3.28. The molecular formula is C25H28N2O3. The molecule has 1 aliphatic rings. The van der Waals surface area contributed by atoms with Gasteiger partial charge in [-0.05, 0) is 42.9 Å². The number of amides is 1. The lowest BCUT2D eigenvalue weighted by molar-refractivity contribution is -0.132. The predicted molar refractivity (Wildman–Crippen MR) is 116 cm³/mol. The molecule has 0 bridgehead atoms. The van der Waals surface area contributed by atoms with E-state index in [-0.39, 0.29) is 5.91 Å². The van der Waals surface area contributed by atoms with Gasteiger partial charge in [-0.1, -0.05) is 42.5 Å². The number of hydrogen-bond acceptors (Lipinski definition) is 4. The molecule has 0 saturated carbocycles. The summed E-state index contributed by atoms with van der Waals surface area (Å²) in [5, 5.41) is 0. The van der Waals surface area contributed by atoms with Crippen LogP contribution in [0, 0.1) is 5.92 Å². The van der Waals surface area contributed by atoms with Gasteiger partial charge in [-0.2, -0.15) is 0 Å². The summed E-state index contributed by atoms with van der Waals surface area (Å²) < 4.78 is 11.1. The molecule has 0 atom stereocenters. The maximum absolute atomic E-state index is 12.6. The number of aryl methyl sites for hydroxylation is 1. The van der Waals surface area contributed by atoms with Crippen LogP contribution in [0.1, 0.15) is 30.7 Å². The van der Waals surface area contributed by atoms with Crippen LogP contribution in [0.2, 0.25) is 0 Å². The van der Waals surface area contributed by atoms with Gasteiger partial charge in [0.15, 0.2) is 11.7 Å². The molecule has 1 saturated heterocycles. The standard InChI is InChI=1S/C25H28N2O3/c1-29-22-9-5-8-21(17-22)23-18-26-24(30-23)10-11-25(28)27-14-12-20(13-15-27)16-19-6-3-2-4-7-19/h2-9,17-18,20H,10-16H2,1H3. The number of ether oxygens (including phenoxy) is 1. The Morgan fingerprint density at radius 1 is 1.13 bits per heavy atom. The summed E-state index contributed by atoms with van der Waals surface area (Å²) in [6, 6.07) is 18.3. The SMILES string of the molecule is COc1cccc(-c2cnc(CCC(=O)N3CCC(Cc4ccccc4)CC3)o2)c1. The Balaban J connectivity index is 1.25. The number of carbonyl (C=O) groups is 1. The Labute approximate surface area is 177 Å². The Hall–Kier alpha value is -3.08. The van der Waals surface area contributed by atoms with E-state index in [9.17, 15) is 4.79 Å². The summed E-state index contributed by atoms with van der Waals surface area (Å²) in [7, 11) is 1.64. The van der Waals surface area contributed by atoms with Gasteiger partial charge in [0, 0.05) is 31.5 Å². The van der Waals surface area contributed by atoms with Crippen LogP contribution < -0.4 is 4.74 Å². The van der Waals surface area contributed by atoms with Gasteiger partial charge in [-0.15, -0.1) is 0 Å². The molecule has 156 valence electrons. The van der Waals surface area contributed by atoms with E-state index in [1.165, 1.54) is 5.56 Å². The summed E-state index contributed by atoms with van der Waals surface area (Å²) in [4.78, 5) is 19.0. The number of hydrogen-bond donors (Lipinski definition) is 0.